The Morgan fingerprint density at radius 3 is 2.50 bits per heavy atom. The van der Waals surface area contributed by atoms with Crippen molar-refractivity contribution < 1.29 is 0 Å². The Balaban J connectivity index is 2.56. The number of nitrogens with one attached hydrogen (secondary N) is 1. The number of imidazole rings is 1. The van der Waals surface area contributed by atoms with Gasteiger partial charge in [-0.3, -0.25) is 0 Å². The third-order valence-electron chi connectivity index (χ3n) is 3.31. The van der Waals surface area contributed by atoms with Gasteiger partial charge in [0, 0.05) is 11.7 Å². The van der Waals surface area contributed by atoms with E-state index in [1.54, 1.807) is 0 Å². The molecule has 0 saturated carbocycles. The number of benzene rings is 1. The smallest absolute Gasteiger partial charge is 0.178 e. The Morgan fingerprint density at radius 2 is 1.89 bits per heavy atom. The third-order valence-corrected chi connectivity index (χ3v) is 3.61. The maximum Gasteiger partial charge on any atom is 0.178 e. The van der Waals surface area contributed by atoms with Crippen LogP contribution in [0.4, 0.5) is 0 Å². The van der Waals surface area contributed by atoms with Crippen molar-refractivity contribution in [2.45, 2.75) is 39.2 Å². The van der Waals surface area contributed by atoms with Crippen molar-refractivity contribution in [1.29, 1.82) is 0 Å². The number of hydrogen-bond donors (Lipinski definition) is 1. The fraction of sp³-hybridized carbons (Fsp3) is 0.400. The topological polar surface area (TPSA) is 20.7 Å². The summed E-state index contributed by atoms with van der Waals surface area (Å²) in [6.07, 6.45) is 4.27. The zero-order valence-electron chi connectivity index (χ0n) is 11.2. The van der Waals surface area contributed by atoms with Crippen molar-refractivity contribution in [2.24, 2.45) is 0 Å². The molecule has 96 valence electrons. The summed E-state index contributed by atoms with van der Waals surface area (Å²) < 4.78 is 3.04. The Kier molecular flexibility index (Phi) is 3.71. The van der Waals surface area contributed by atoms with Gasteiger partial charge in [0.25, 0.3) is 0 Å². The molecule has 0 aliphatic heterocycles. The molecule has 0 aliphatic rings. The Hall–Kier alpha value is -1.35. The summed E-state index contributed by atoms with van der Waals surface area (Å²) in [5.74, 6) is 0. The maximum absolute atomic E-state index is 5.44. The van der Waals surface area contributed by atoms with E-state index in [1.807, 2.05) is 12.3 Å². The lowest BCUT2D eigenvalue weighted by atomic mass is 9.97. The van der Waals surface area contributed by atoms with Gasteiger partial charge in [0.2, 0.25) is 0 Å². The number of aromatic amines is 1. The van der Waals surface area contributed by atoms with Crippen LogP contribution in [0.3, 0.4) is 0 Å². The minimum Gasteiger partial charge on any atom is -0.337 e. The second-order valence-corrected chi connectivity index (χ2v) is 5.63. The van der Waals surface area contributed by atoms with Gasteiger partial charge < -0.3 is 9.55 Å². The van der Waals surface area contributed by atoms with Crippen molar-refractivity contribution in [2.75, 3.05) is 0 Å². The Bertz CT molecular complexity index is 564. The summed E-state index contributed by atoms with van der Waals surface area (Å²) in [5.41, 5.74) is 2.41. The summed E-state index contributed by atoms with van der Waals surface area (Å²) in [6, 6.07) is 10.4. The lowest BCUT2D eigenvalue weighted by Crippen LogP contribution is -2.26. The highest BCUT2D eigenvalue weighted by Gasteiger charge is 2.23. The maximum atomic E-state index is 5.44. The molecule has 3 heteroatoms. The Morgan fingerprint density at radius 1 is 1.22 bits per heavy atom. The molecule has 0 saturated heterocycles. The van der Waals surface area contributed by atoms with Crippen LogP contribution in [0.1, 0.15) is 33.6 Å². The normalized spacial score (nSPS) is 11.7. The summed E-state index contributed by atoms with van der Waals surface area (Å²) in [5, 5.41) is 0. The van der Waals surface area contributed by atoms with E-state index in [1.165, 1.54) is 11.3 Å². The molecule has 18 heavy (non-hydrogen) atoms. The van der Waals surface area contributed by atoms with E-state index in [2.05, 4.69) is 54.6 Å². The van der Waals surface area contributed by atoms with E-state index in [0.717, 1.165) is 17.6 Å². The monoisotopic (exact) mass is 260 g/mol. The number of nitrogens with zero attached hydrogens (tertiary/aromatic N) is 1. The van der Waals surface area contributed by atoms with Gasteiger partial charge in [-0.15, -0.1) is 0 Å². The summed E-state index contributed by atoms with van der Waals surface area (Å²) >= 11 is 5.44. The van der Waals surface area contributed by atoms with Crippen LogP contribution in [-0.4, -0.2) is 9.55 Å². The largest absolute Gasteiger partial charge is 0.337 e. The molecule has 0 amide bonds. The summed E-state index contributed by atoms with van der Waals surface area (Å²) in [6.45, 7) is 6.69. The molecule has 0 bridgehead atoms. The van der Waals surface area contributed by atoms with E-state index in [4.69, 9.17) is 12.2 Å². The van der Waals surface area contributed by atoms with Gasteiger partial charge in [-0.2, -0.15) is 0 Å². The molecule has 1 N–H and O–H groups in total. The van der Waals surface area contributed by atoms with Crippen molar-refractivity contribution in [1.82, 2.24) is 9.55 Å². The number of hydrogen-bond acceptors (Lipinski definition) is 1. The van der Waals surface area contributed by atoms with Crippen LogP contribution in [0.25, 0.3) is 11.3 Å². The molecule has 0 aliphatic carbocycles. The van der Waals surface area contributed by atoms with Gasteiger partial charge in [0.05, 0.1) is 5.69 Å². The zero-order chi connectivity index (χ0) is 13.2. The van der Waals surface area contributed by atoms with Crippen LogP contribution in [0.15, 0.2) is 36.5 Å². The summed E-state index contributed by atoms with van der Waals surface area (Å²) in [7, 11) is 0. The van der Waals surface area contributed by atoms with Crippen molar-refractivity contribution in [3.63, 3.8) is 0 Å². The standard InChI is InChI=1S/C15H20N2S/c1-4-10-15(2,3)17-13(11-16-14(17)18)12-8-6-5-7-9-12/h5-9,11H,4,10H2,1-3H3,(H,16,18). The Labute approximate surface area is 114 Å². The quantitative estimate of drug-likeness (QED) is 0.787. The zero-order valence-corrected chi connectivity index (χ0v) is 12.1. The first-order valence-electron chi connectivity index (χ1n) is 6.42. The predicted molar refractivity (Wildman–Crippen MR) is 79.3 cm³/mol. The molecule has 0 spiro atoms. The fourth-order valence-corrected chi connectivity index (χ4v) is 2.92. The first kappa shape index (κ1) is 13.1. The van der Waals surface area contributed by atoms with E-state index < -0.39 is 0 Å². The first-order chi connectivity index (χ1) is 8.56. The van der Waals surface area contributed by atoms with E-state index in [0.29, 0.717) is 0 Å². The molecule has 0 atom stereocenters. The summed E-state index contributed by atoms with van der Waals surface area (Å²) in [4.78, 5) is 3.18. The fourth-order valence-electron chi connectivity index (χ4n) is 2.51. The van der Waals surface area contributed by atoms with Crippen LogP contribution in [-0.2, 0) is 5.54 Å². The molecule has 0 fully saturated rings. The molecule has 1 heterocycles. The lowest BCUT2D eigenvalue weighted by molar-refractivity contribution is 0.324. The molecule has 1 aromatic carbocycles. The molecule has 0 unspecified atom stereocenters. The molecular formula is C15H20N2S. The lowest BCUT2D eigenvalue weighted by Gasteiger charge is -2.28. The number of rotatable bonds is 4. The molecule has 0 radical (unpaired) electrons. The first-order valence-corrected chi connectivity index (χ1v) is 6.83. The average molecular weight is 260 g/mol. The van der Waals surface area contributed by atoms with Gasteiger partial charge in [-0.25, -0.2) is 0 Å². The third kappa shape index (κ3) is 2.41. The van der Waals surface area contributed by atoms with Gasteiger partial charge in [0.15, 0.2) is 4.77 Å². The number of aromatic nitrogens is 2. The second-order valence-electron chi connectivity index (χ2n) is 5.24. The van der Waals surface area contributed by atoms with Crippen molar-refractivity contribution >= 4 is 12.2 Å². The predicted octanol–water partition coefficient (Wildman–Crippen LogP) is 4.75. The van der Waals surface area contributed by atoms with Crippen LogP contribution in [0.2, 0.25) is 0 Å². The van der Waals surface area contributed by atoms with Crippen molar-refractivity contribution in [3.05, 3.63) is 41.3 Å². The van der Waals surface area contributed by atoms with E-state index >= 15 is 0 Å². The van der Waals surface area contributed by atoms with Crippen LogP contribution in [0.5, 0.6) is 0 Å². The van der Waals surface area contributed by atoms with Gasteiger partial charge in [-0.05, 0) is 38.0 Å². The molecule has 2 aromatic rings. The average Bonchev–Trinajstić information content (AvgIpc) is 2.73. The van der Waals surface area contributed by atoms with Crippen LogP contribution in [0, 0.1) is 4.77 Å². The van der Waals surface area contributed by atoms with Crippen LogP contribution >= 0.6 is 12.2 Å². The van der Waals surface area contributed by atoms with E-state index in [9.17, 15) is 0 Å². The highest BCUT2D eigenvalue weighted by Crippen LogP contribution is 2.29. The highest BCUT2D eigenvalue weighted by molar-refractivity contribution is 7.71. The molecule has 2 nitrogen and oxygen atoms in total. The van der Waals surface area contributed by atoms with Crippen molar-refractivity contribution in [3.8, 4) is 11.3 Å². The minimum atomic E-state index is 0.0387. The molecule has 2 rings (SSSR count). The van der Waals surface area contributed by atoms with E-state index in [-0.39, 0.29) is 5.54 Å². The minimum absolute atomic E-state index is 0.0387. The second kappa shape index (κ2) is 5.11. The molecular weight excluding hydrogens is 240 g/mol. The highest BCUT2D eigenvalue weighted by atomic mass is 32.1. The number of H-pyrrole nitrogens is 1. The SMILES string of the molecule is CCCC(C)(C)n1c(-c2ccccc2)c[nH]c1=S. The van der Waals surface area contributed by atoms with Gasteiger partial charge in [0.1, 0.15) is 0 Å². The van der Waals surface area contributed by atoms with Gasteiger partial charge in [-0.1, -0.05) is 43.7 Å². The molecule has 1 aromatic heterocycles. The van der Waals surface area contributed by atoms with Gasteiger partial charge >= 0.3 is 0 Å². The van der Waals surface area contributed by atoms with Crippen LogP contribution < -0.4 is 0 Å².